The van der Waals surface area contributed by atoms with Crippen LogP contribution in [-0.4, -0.2) is 23.4 Å². The molecule has 1 rings (SSSR count). The maximum Gasteiger partial charge on any atom is 0.307 e. The minimum Gasteiger partial charge on any atom is -0.493 e. The number of aromatic nitrogens is 1. The topological polar surface area (TPSA) is 65.5 Å². The second-order valence-electron chi connectivity index (χ2n) is 1.61. The molecule has 0 saturated heterocycles. The Morgan fingerprint density at radius 2 is 2.50 bits per heavy atom. The molecule has 0 radical (unpaired) electrons. The molecule has 0 bridgehead atoms. The van der Waals surface area contributed by atoms with Gasteiger partial charge in [-0.2, -0.15) is 0 Å². The van der Waals surface area contributed by atoms with Crippen LogP contribution in [-0.2, 0) is 0 Å². The largest absolute Gasteiger partial charge is 0.493 e. The van der Waals surface area contributed by atoms with Crippen LogP contribution in [0.4, 0.5) is 0 Å². The quantitative estimate of drug-likeness (QED) is 0.573. The van der Waals surface area contributed by atoms with Crippen LogP contribution in [0.25, 0.3) is 0 Å². The number of H-pyrrole nitrogens is 1. The summed E-state index contributed by atoms with van der Waals surface area (Å²) in [5, 5.41) is 8.93. The van der Waals surface area contributed by atoms with Crippen molar-refractivity contribution in [3.05, 3.63) is 14.5 Å². The highest BCUT2D eigenvalue weighted by Crippen LogP contribution is 2.11. The number of aromatic hydroxyl groups is 1. The predicted molar refractivity (Wildman–Crippen MR) is 40.1 cm³/mol. The first-order chi connectivity index (χ1) is 4.74. The molecule has 0 unspecified atom stereocenters. The summed E-state index contributed by atoms with van der Waals surface area (Å²) in [7, 11) is 1.57. The molecular formula is C5H6N2O2S. The standard InChI is InChI=1S/C5H6N2O2S/c1-6-2-3-4(8)7-5(9)10-3/h2,8H,1H3,(H,7,9). The van der Waals surface area contributed by atoms with E-state index in [0.29, 0.717) is 4.88 Å². The van der Waals surface area contributed by atoms with Crippen molar-refractivity contribution < 1.29 is 5.11 Å². The van der Waals surface area contributed by atoms with Crippen molar-refractivity contribution in [1.29, 1.82) is 0 Å². The lowest BCUT2D eigenvalue weighted by molar-refractivity contribution is 0.455. The number of thiazole rings is 1. The fraction of sp³-hybridized carbons (Fsp3) is 0.200. The fourth-order valence-electron chi connectivity index (χ4n) is 0.537. The van der Waals surface area contributed by atoms with Gasteiger partial charge in [-0.1, -0.05) is 11.3 Å². The van der Waals surface area contributed by atoms with Crippen LogP contribution in [0, 0.1) is 0 Å². The van der Waals surface area contributed by atoms with Crippen LogP contribution in [0.1, 0.15) is 4.88 Å². The van der Waals surface area contributed by atoms with Gasteiger partial charge in [-0.05, 0) is 0 Å². The molecule has 0 aliphatic rings. The first kappa shape index (κ1) is 7.01. The molecule has 4 nitrogen and oxygen atoms in total. The Morgan fingerprint density at radius 3 is 2.90 bits per heavy atom. The molecule has 0 aliphatic heterocycles. The summed E-state index contributed by atoms with van der Waals surface area (Å²) in [5.41, 5.74) is 0. The fourth-order valence-corrected chi connectivity index (χ4v) is 1.19. The van der Waals surface area contributed by atoms with Crippen LogP contribution in [0.15, 0.2) is 9.79 Å². The van der Waals surface area contributed by atoms with Gasteiger partial charge < -0.3 is 5.11 Å². The van der Waals surface area contributed by atoms with E-state index in [0.717, 1.165) is 11.3 Å². The molecule has 0 spiro atoms. The summed E-state index contributed by atoms with van der Waals surface area (Å²) in [6.45, 7) is 0. The number of aromatic amines is 1. The van der Waals surface area contributed by atoms with Crippen molar-refractivity contribution in [3.8, 4) is 5.88 Å². The normalized spacial score (nSPS) is 10.9. The smallest absolute Gasteiger partial charge is 0.307 e. The Hall–Kier alpha value is -1.10. The van der Waals surface area contributed by atoms with Crippen LogP contribution in [0.3, 0.4) is 0 Å². The number of nitrogens with one attached hydrogen (secondary N) is 1. The monoisotopic (exact) mass is 158 g/mol. The summed E-state index contributed by atoms with van der Waals surface area (Å²) < 4.78 is 0. The van der Waals surface area contributed by atoms with Gasteiger partial charge in [-0.25, -0.2) is 0 Å². The second-order valence-corrected chi connectivity index (χ2v) is 2.63. The number of nitrogens with zero attached hydrogens (tertiary/aromatic N) is 1. The van der Waals surface area contributed by atoms with Gasteiger partial charge in [-0.15, -0.1) is 0 Å². The lowest BCUT2D eigenvalue weighted by Gasteiger charge is -1.81. The van der Waals surface area contributed by atoms with Crippen molar-refractivity contribution in [3.63, 3.8) is 0 Å². The van der Waals surface area contributed by atoms with Crippen molar-refractivity contribution in [2.45, 2.75) is 0 Å². The molecular weight excluding hydrogens is 152 g/mol. The number of hydrogen-bond donors (Lipinski definition) is 2. The zero-order valence-electron chi connectivity index (χ0n) is 5.29. The molecule has 1 aromatic rings. The zero-order valence-corrected chi connectivity index (χ0v) is 6.10. The minimum absolute atomic E-state index is 0.111. The molecule has 10 heavy (non-hydrogen) atoms. The van der Waals surface area contributed by atoms with Gasteiger partial charge in [0.05, 0.1) is 0 Å². The van der Waals surface area contributed by atoms with Gasteiger partial charge in [0.2, 0.25) is 5.88 Å². The third kappa shape index (κ3) is 1.24. The van der Waals surface area contributed by atoms with Crippen LogP contribution in [0.5, 0.6) is 5.88 Å². The average Bonchev–Trinajstić information content (AvgIpc) is 2.13. The first-order valence-corrected chi connectivity index (χ1v) is 3.40. The highest BCUT2D eigenvalue weighted by atomic mass is 32.1. The third-order valence-corrected chi connectivity index (χ3v) is 1.71. The summed E-state index contributed by atoms with van der Waals surface area (Å²) in [4.78, 5) is 16.6. The summed E-state index contributed by atoms with van der Waals surface area (Å²) >= 11 is 0.929. The molecule has 1 heterocycles. The minimum atomic E-state index is -0.271. The highest BCUT2D eigenvalue weighted by molar-refractivity contribution is 7.11. The molecule has 0 fully saturated rings. The van der Waals surface area contributed by atoms with E-state index in [2.05, 4.69) is 9.98 Å². The van der Waals surface area contributed by atoms with Crippen molar-refractivity contribution in [2.24, 2.45) is 4.99 Å². The van der Waals surface area contributed by atoms with Crippen molar-refractivity contribution in [2.75, 3.05) is 7.05 Å². The van der Waals surface area contributed by atoms with E-state index in [-0.39, 0.29) is 10.8 Å². The molecule has 0 aliphatic carbocycles. The van der Waals surface area contributed by atoms with Gasteiger partial charge in [0, 0.05) is 13.3 Å². The van der Waals surface area contributed by atoms with Gasteiger partial charge in [0.25, 0.3) is 0 Å². The van der Waals surface area contributed by atoms with E-state index in [1.54, 1.807) is 7.05 Å². The lowest BCUT2D eigenvalue weighted by Crippen LogP contribution is -1.89. The number of rotatable bonds is 1. The van der Waals surface area contributed by atoms with E-state index in [9.17, 15) is 4.79 Å². The number of hydrogen-bond acceptors (Lipinski definition) is 4. The summed E-state index contributed by atoms with van der Waals surface area (Å²) in [5.74, 6) is -0.111. The first-order valence-electron chi connectivity index (χ1n) is 2.58. The Bertz CT molecular complexity index is 299. The third-order valence-electron chi connectivity index (χ3n) is 0.903. The highest BCUT2D eigenvalue weighted by Gasteiger charge is 2.01. The molecule has 0 aromatic carbocycles. The Balaban J connectivity index is 3.15. The Morgan fingerprint density at radius 1 is 1.80 bits per heavy atom. The van der Waals surface area contributed by atoms with E-state index in [1.807, 2.05) is 0 Å². The summed E-state index contributed by atoms with van der Waals surface area (Å²) in [6, 6.07) is 0. The van der Waals surface area contributed by atoms with Gasteiger partial charge in [0.1, 0.15) is 4.88 Å². The van der Waals surface area contributed by atoms with Crippen LogP contribution < -0.4 is 4.87 Å². The van der Waals surface area contributed by atoms with Crippen molar-refractivity contribution >= 4 is 17.6 Å². The Kier molecular flexibility index (Phi) is 1.86. The van der Waals surface area contributed by atoms with E-state index in [1.165, 1.54) is 6.21 Å². The van der Waals surface area contributed by atoms with E-state index in [4.69, 9.17) is 5.11 Å². The van der Waals surface area contributed by atoms with E-state index >= 15 is 0 Å². The molecule has 54 valence electrons. The second kappa shape index (κ2) is 2.66. The lowest BCUT2D eigenvalue weighted by atomic mass is 10.6. The predicted octanol–water partition coefficient (Wildman–Crippen LogP) is 0.191. The summed E-state index contributed by atoms with van der Waals surface area (Å²) in [6.07, 6.45) is 1.43. The van der Waals surface area contributed by atoms with Gasteiger partial charge in [-0.3, -0.25) is 14.8 Å². The SMILES string of the molecule is CN=Cc1sc(=O)[nH]c1O. The van der Waals surface area contributed by atoms with Crippen LogP contribution in [0.2, 0.25) is 0 Å². The maximum atomic E-state index is 10.5. The van der Waals surface area contributed by atoms with Crippen LogP contribution >= 0.6 is 11.3 Å². The number of aliphatic imine (C=N–C) groups is 1. The van der Waals surface area contributed by atoms with E-state index < -0.39 is 0 Å². The molecule has 0 atom stereocenters. The average molecular weight is 158 g/mol. The van der Waals surface area contributed by atoms with Gasteiger partial charge in [0.15, 0.2) is 0 Å². The molecule has 1 aromatic heterocycles. The van der Waals surface area contributed by atoms with Crippen molar-refractivity contribution in [1.82, 2.24) is 4.98 Å². The zero-order chi connectivity index (χ0) is 7.56. The molecule has 5 heteroatoms. The molecule has 0 saturated carbocycles. The van der Waals surface area contributed by atoms with Gasteiger partial charge >= 0.3 is 4.87 Å². The molecule has 0 amide bonds. The maximum absolute atomic E-state index is 10.5. The molecule has 2 N–H and O–H groups in total. The Labute approximate surface area is 60.9 Å².